The molecule has 0 heterocycles. The highest BCUT2D eigenvalue weighted by atomic mass is 16.3. The number of phenols is 1. The summed E-state index contributed by atoms with van der Waals surface area (Å²) >= 11 is 0. The molecule has 0 aliphatic rings. The number of carbonyl (C=O) groups is 1. The zero-order valence-corrected chi connectivity index (χ0v) is 8.45. The fourth-order valence-electron chi connectivity index (χ4n) is 1.32. The molecular formula is C11H15NO2. The van der Waals surface area contributed by atoms with Gasteiger partial charge in [0, 0.05) is 13.0 Å². The Bertz CT molecular complexity index is 306. The zero-order chi connectivity index (χ0) is 10.6. The number of rotatable bonds is 3. The molecule has 1 aromatic carbocycles. The Hall–Kier alpha value is -1.51. The topological polar surface area (TPSA) is 49.3 Å². The van der Waals surface area contributed by atoms with Crippen molar-refractivity contribution >= 4 is 5.91 Å². The minimum Gasteiger partial charge on any atom is -0.508 e. The van der Waals surface area contributed by atoms with Crippen LogP contribution >= 0.6 is 0 Å². The average molecular weight is 193 g/mol. The van der Waals surface area contributed by atoms with Crippen LogP contribution in [-0.2, 0) is 11.2 Å². The predicted molar refractivity (Wildman–Crippen MR) is 55.0 cm³/mol. The van der Waals surface area contributed by atoms with Gasteiger partial charge in [-0.05, 0) is 24.1 Å². The predicted octanol–water partition coefficient (Wildman–Crippen LogP) is 1.32. The molecule has 0 saturated heterocycles. The van der Waals surface area contributed by atoms with E-state index in [4.69, 9.17) is 5.11 Å². The summed E-state index contributed by atoms with van der Waals surface area (Å²) in [7, 11) is 1.63. The Labute approximate surface area is 83.8 Å². The van der Waals surface area contributed by atoms with Crippen LogP contribution in [-0.4, -0.2) is 18.1 Å². The van der Waals surface area contributed by atoms with Gasteiger partial charge in [0.25, 0.3) is 0 Å². The van der Waals surface area contributed by atoms with Gasteiger partial charge >= 0.3 is 0 Å². The highest BCUT2D eigenvalue weighted by Crippen LogP contribution is 2.13. The van der Waals surface area contributed by atoms with Gasteiger partial charge in [-0.1, -0.05) is 19.1 Å². The number of hydrogen-bond acceptors (Lipinski definition) is 2. The molecule has 0 fully saturated rings. The van der Waals surface area contributed by atoms with Crippen molar-refractivity contribution in [1.29, 1.82) is 0 Å². The molecule has 1 rings (SSSR count). The molecule has 0 aromatic heterocycles. The van der Waals surface area contributed by atoms with Crippen molar-refractivity contribution < 1.29 is 9.90 Å². The Kier molecular flexibility index (Phi) is 3.51. The van der Waals surface area contributed by atoms with Crippen molar-refractivity contribution in [2.24, 2.45) is 5.92 Å². The van der Waals surface area contributed by atoms with Gasteiger partial charge in [-0.15, -0.1) is 0 Å². The van der Waals surface area contributed by atoms with Crippen LogP contribution in [0.4, 0.5) is 0 Å². The van der Waals surface area contributed by atoms with E-state index in [1.54, 1.807) is 19.2 Å². The van der Waals surface area contributed by atoms with Crippen LogP contribution in [0, 0.1) is 5.92 Å². The molecule has 76 valence electrons. The lowest BCUT2D eigenvalue weighted by atomic mass is 10.0. The van der Waals surface area contributed by atoms with Gasteiger partial charge < -0.3 is 10.4 Å². The Morgan fingerprint density at radius 3 is 2.50 bits per heavy atom. The van der Waals surface area contributed by atoms with Crippen LogP contribution in [0.25, 0.3) is 0 Å². The lowest BCUT2D eigenvalue weighted by Gasteiger charge is -2.09. The van der Waals surface area contributed by atoms with Crippen molar-refractivity contribution in [2.45, 2.75) is 13.3 Å². The van der Waals surface area contributed by atoms with E-state index in [9.17, 15) is 4.79 Å². The summed E-state index contributed by atoms with van der Waals surface area (Å²) in [4.78, 5) is 11.2. The van der Waals surface area contributed by atoms with Gasteiger partial charge in [-0.2, -0.15) is 0 Å². The van der Waals surface area contributed by atoms with Gasteiger partial charge in [0.2, 0.25) is 5.91 Å². The highest BCUT2D eigenvalue weighted by Gasteiger charge is 2.11. The van der Waals surface area contributed by atoms with E-state index >= 15 is 0 Å². The third-order valence-electron chi connectivity index (χ3n) is 2.17. The third-order valence-corrected chi connectivity index (χ3v) is 2.17. The highest BCUT2D eigenvalue weighted by molar-refractivity contribution is 5.78. The smallest absolute Gasteiger partial charge is 0.222 e. The maximum absolute atomic E-state index is 11.2. The van der Waals surface area contributed by atoms with E-state index < -0.39 is 0 Å². The van der Waals surface area contributed by atoms with Gasteiger partial charge in [-0.3, -0.25) is 4.79 Å². The number of aromatic hydroxyl groups is 1. The molecule has 0 radical (unpaired) electrons. The van der Waals surface area contributed by atoms with Gasteiger partial charge in [0.1, 0.15) is 5.75 Å². The molecule has 1 amide bonds. The fraction of sp³-hybridized carbons (Fsp3) is 0.364. The van der Waals surface area contributed by atoms with E-state index in [-0.39, 0.29) is 17.6 Å². The maximum atomic E-state index is 11.2. The second kappa shape index (κ2) is 4.65. The average Bonchev–Trinajstić information content (AvgIpc) is 2.20. The monoisotopic (exact) mass is 193 g/mol. The van der Waals surface area contributed by atoms with E-state index in [1.807, 2.05) is 19.1 Å². The van der Waals surface area contributed by atoms with Crippen LogP contribution in [0.2, 0.25) is 0 Å². The standard InChI is InChI=1S/C11H15NO2/c1-8(11(14)12-2)7-9-3-5-10(13)6-4-9/h3-6,8,13H,7H2,1-2H3,(H,12,14)/t8-/m1/s1. The number of amides is 1. The van der Waals surface area contributed by atoms with Crippen LogP contribution in [0.3, 0.4) is 0 Å². The molecule has 0 bridgehead atoms. The molecule has 1 atom stereocenters. The molecule has 3 nitrogen and oxygen atoms in total. The van der Waals surface area contributed by atoms with Gasteiger partial charge in [0.05, 0.1) is 0 Å². The fourth-order valence-corrected chi connectivity index (χ4v) is 1.32. The lowest BCUT2D eigenvalue weighted by molar-refractivity contribution is -0.123. The van der Waals surface area contributed by atoms with Crippen LogP contribution < -0.4 is 5.32 Å². The van der Waals surface area contributed by atoms with Crippen molar-refractivity contribution in [1.82, 2.24) is 5.32 Å². The first kappa shape index (κ1) is 10.6. The molecule has 1 aromatic rings. The summed E-state index contributed by atoms with van der Waals surface area (Å²) in [5.74, 6) is 0.254. The summed E-state index contributed by atoms with van der Waals surface area (Å²) in [5, 5.41) is 11.7. The quantitative estimate of drug-likeness (QED) is 0.760. The van der Waals surface area contributed by atoms with Crippen LogP contribution in [0.15, 0.2) is 24.3 Å². The lowest BCUT2D eigenvalue weighted by Crippen LogP contribution is -2.26. The first-order chi connectivity index (χ1) is 6.63. The van der Waals surface area contributed by atoms with Crippen molar-refractivity contribution in [2.75, 3.05) is 7.05 Å². The Morgan fingerprint density at radius 2 is 2.00 bits per heavy atom. The van der Waals surface area contributed by atoms with E-state index in [2.05, 4.69) is 5.32 Å². The van der Waals surface area contributed by atoms with Gasteiger partial charge in [0.15, 0.2) is 0 Å². The molecule has 0 spiro atoms. The number of hydrogen-bond donors (Lipinski definition) is 2. The van der Waals surface area contributed by atoms with Gasteiger partial charge in [-0.25, -0.2) is 0 Å². The molecular weight excluding hydrogens is 178 g/mol. The van der Waals surface area contributed by atoms with E-state index in [1.165, 1.54) is 0 Å². The second-order valence-corrected chi connectivity index (χ2v) is 3.39. The molecule has 14 heavy (non-hydrogen) atoms. The molecule has 2 N–H and O–H groups in total. The van der Waals surface area contributed by atoms with Crippen molar-refractivity contribution in [3.63, 3.8) is 0 Å². The minimum atomic E-state index is -0.0375. The summed E-state index contributed by atoms with van der Waals surface area (Å²) in [6.45, 7) is 1.88. The Morgan fingerprint density at radius 1 is 1.43 bits per heavy atom. The van der Waals surface area contributed by atoms with E-state index in [0.29, 0.717) is 6.42 Å². The zero-order valence-electron chi connectivity index (χ0n) is 8.45. The SMILES string of the molecule is CNC(=O)[C@H](C)Cc1ccc(O)cc1. The third kappa shape index (κ3) is 2.76. The molecule has 0 saturated carbocycles. The largest absolute Gasteiger partial charge is 0.508 e. The van der Waals surface area contributed by atoms with Crippen LogP contribution in [0.1, 0.15) is 12.5 Å². The number of benzene rings is 1. The van der Waals surface area contributed by atoms with E-state index in [0.717, 1.165) is 5.56 Å². The van der Waals surface area contributed by atoms with Crippen molar-refractivity contribution in [3.8, 4) is 5.75 Å². The normalized spacial score (nSPS) is 12.1. The summed E-state index contributed by atoms with van der Waals surface area (Å²) in [5.41, 5.74) is 1.05. The summed E-state index contributed by atoms with van der Waals surface area (Å²) < 4.78 is 0. The summed E-state index contributed by atoms with van der Waals surface area (Å²) in [6, 6.07) is 6.92. The maximum Gasteiger partial charge on any atom is 0.222 e. The van der Waals surface area contributed by atoms with Crippen molar-refractivity contribution in [3.05, 3.63) is 29.8 Å². The number of nitrogens with one attached hydrogen (secondary N) is 1. The second-order valence-electron chi connectivity index (χ2n) is 3.39. The first-order valence-electron chi connectivity index (χ1n) is 4.63. The molecule has 3 heteroatoms. The molecule has 0 aliphatic heterocycles. The first-order valence-corrected chi connectivity index (χ1v) is 4.63. The molecule has 0 unspecified atom stereocenters. The minimum absolute atomic E-state index is 0.0375. The number of phenolic OH excluding ortho intramolecular Hbond substituents is 1. The Balaban J connectivity index is 2.60. The summed E-state index contributed by atoms with van der Waals surface area (Å²) in [6.07, 6.45) is 0.694. The number of carbonyl (C=O) groups excluding carboxylic acids is 1. The van der Waals surface area contributed by atoms with Crippen LogP contribution in [0.5, 0.6) is 5.75 Å². The molecule has 0 aliphatic carbocycles.